The Hall–Kier alpha value is -0.980. The minimum absolute atomic E-state index is 0.112. The van der Waals surface area contributed by atoms with Crippen LogP contribution in [-0.2, 0) is 0 Å². The molecule has 1 atom stereocenters. The van der Waals surface area contributed by atoms with Gasteiger partial charge in [-0.1, -0.05) is 18.3 Å². The molecule has 0 aliphatic heterocycles. The molecule has 19 heavy (non-hydrogen) atoms. The fraction of sp³-hybridized carbons (Fsp3) is 0.231. The molecule has 1 aromatic heterocycles. The van der Waals surface area contributed by atoms with Gasteiger partial charge in [0.2, 0.25) is 0 Å². The molecular weight excluding hydrogens is 342 g/mol. The van der Waals surface area contributed by atoms with Gasteiger partial charge in [-0.25, -0.2) is 4.98 Å². The summed E-state index contributed by atoms with van der Waals surface area (Å²) in [4.78, 5) is 5.96. The lowest BCUT2D eigenvalue weighted by Crippen LogP contribution is -2.15. The maximum Gasteiger partial charge on any atom is 0.115 e. The van der Waals surface area contributed by atoms with E-state index in [9.17, 15) is 0 Å². The van der Waals surface area contributed by atoms with Crippen LogP contribution in [0.3, 0.4) is 0 Å². The number of benzene rings is 1. The first-order valence-corrected chi connectivity index (χ1v) is 7.78. The van der Waals surface area contributed by atoms with Crippen molar-refractivity contribution >= 4 is 50.2 Å². The molecule has 1 aromatic carbocycles. The number of thiocarbonyl (C=S) groups is 1. The van der Waals surface area contributed by atoms with Crippen LogP contribution in [0, 0.1) is 6.92 Å². The highest BCUT2D eigenvalue weighted by Crippen LogP contribution is 2.29. The van der Waals surface area contributed by atoms with Gasteiger partial charge in [-0.2, -0.15) is 0 Å². The zero-order valence-electron chi connectivity index (χ0n) is 10.6. The van der Waals surface area contributed by atoms with Crippen molar-refractivity contribution in [2.45, 2.75) is 19.9 Å². The highest BCUT2D eigenvalue weighted by molar-refractivity contribution is 9.10. The fourth-order valence-corrected chi connectivity index (χ4v) is 3.47. The molecule has 2 rings (SSSR count). The standard InChI is InChI=1S/C13H14BrN3S2/c1-7-6-16-13(19-7)8(2)17-10-5-3-4-9(14)11(10)12(15)18/h3-6,8,17H,1-2H3,(H2,15,18). The van der Waals surface area contributed by atoms with E-state index in [0.29, 0.717) is 4.99 Å². The predicted octanol–water partition coefficient (Wildman–Crippen LogP) is 4.02. The number of thiazole rings is 1. The molecule has 6 heteroatoms. The molecule has 0 aliphatic carbocycles. The third-order valence-electron chi connectivity index (χ3n) is 2.64. The van der Waals surface area contributed by atoms with Gasteiger partial charge >= 0.3 is 0 Å². The van der Waals surface area contributed by atoms with Crippen molar-refractivity contribution in [3.8, 4) is 0 Å². The first-order valence-electron chi connectivity index (χ1n) is 5.76. The van der Waals surface area contributed by atoms with E-state index in [0.717, 1.165) is 20.7 Å². The third-order valence-corrected chi connectivity index (χ3v) is 4.60. The molecule has 2 aromatic rings. The quantitative estimate of drug-likeness (QED) is 0.813. The molecule has 3 nitrogen and oxygen atoms in total. The average molecular weight is 356 g/mol. The Morgan fingerprint density at radius 3 is 2.84 bits per heavy atom. The Balaban J connectivity index is 2.28. The topological polar surface area (TPSA) is 50.9 Å². The van der Waals surface area contributed by atoms with Crippen LogP contribution in [0.1, 0.15) is 28.4 Å². The van der Waals surface area contributed by atoms with Gasteiger partial charge < -0.3 is 11.1 Å². The number of hydrogen-bond donors (Lipinski definition) is 2. The maximum absolute atomic E-state index is 5.78. The summed E-state index contributed by atoms with van der Waals surface area (Å²) < 4.78 is 0.896. The molecule has 1 unspecified atom stereocenters. The van der Waals surface area contributed by atoms with Crippen molar-refractivity contribution in [1.29, 1.82) is 0 Å². The first-order chi connectivity index (χ1) is 8.99. The summed E-state index contributed by atoms with van der Waals surface area (Å²) in [7, 11) is 0. The van der Waals surface area contributed by atoms with Crippen molar-refractivity contribution in [1.82, 2.24) is 4.98 Å². The van der Waals surface area contributed by atoms with E-state index in [1.165, 1.54) is 4.88 Å². The second-order valence-electron chi connectivity index (χ2n) is 4.20. The molecule has 0 aliphatic rings. The Morgan fingerprint density at radius 2 is 2.26 bits per heavy atom. The summed E-state index contributed by atoms with van der Waals surface area (Å²) in [6, 6.07) is 5.96. The van der Waals surface area contributed by atoms with Gasteiger partial charge in [0, 0.05) is 26.8 Å². The lowest BCUT2D eigenvalue weighted by molar-refractivity contribution is 0.869. The van der Waals surface area contributed by atoms with Crippen molar-refractivity contribution in [2.75, 3.05) is 5.32 Å². The van der Waals surface area contributed by atoms with Crippen LogP contribution in [0.4, 0.5) is 5.69 Å². The summed E-state index contributed by atoms with van der Waals surface area (Å²) >= 11 is 10.3. The average Bonchev–Trinajstić information content (AvgIpc) is 2.75. The molecule has 0 fully saturated rings. The Bertz CT molecular complexity index is 610. The van der Waals surface area contributed by atoms with Gasteiger partial charge in [0.15, 0.2) is 0 Å². The highest BCUT2D eigenvalue weighted by Gasteiger charge is 2.14. The van der Waals surface area contributed by atoms with Gasteiger partial charge in [-0.05, 0) is 41.9 Å². The molecule has 100 valence electrons. The number of nitrogens with one attached hydrogen (secondary N) is 1. The monoisotopic (exact) mass is 355 g/mol. The summed E-state index contributed by atoms with van der Waals surface area (Å²) in [5, 5.41) is 4.46. The lowest BCUT2D eigenvalue weighted by Gasteiger charge is -2.17. The number of aryl methyl sites for hydroxylation is 1. The molecule has 3 N–H and O–H groups in total. The van der Waals surface area contributed by atoms with Crippen LogP contribution in [0.25, 0.3) is 0 Å². The van der Waals surface area contributed by atoms with E-state index < -0.39 is 0 Å². The smallest absolute Gasteiger partial charge is 0.115 e. The van der Waals surface area contributed by atoms with Crippen LogP contribution in [0.15, 0.2) is 28.9 Å². The van der Waals surface area contributed by atoms with Crippen LogP contribution in [0.2, 0.25) is 0 Å². The Kier molecular flexibility index (Phi) is 4.54. The molecule has 0 spiro atoms. The van der Waals surface area contributed by atoms with Crippen LogP contribution in [0.5, 0.6) is 0 Å². The van der Waals surface area contributed by atoms with E-state index in [1.807, 2.05) is 31.3 Å². The molecule has 0 saturated carbocycles. The lowest BCUT2D eigenvalue weighted by atomic mass is 10.1. The zero-order valence-corrected chi connectivity index (χ0v) is 13.8. The number of nitrogens with two attached hydrogens (primary N) is 1. The molecule has 0 bridgehead atoms. The van der Waals surface area contributed by atoms with E-state index in [1.54, 1.807) is 11.3 Å². The van der Waals surface area contributed by atoms with Crippen LogP contribution < -0.4 is 11.1 Å². The van der Waals surface area contributed by atoms with E-state index in [-0.39, 0.29) is 6.04 Å². The van der Waals surface area contributed by atoms with Crippen molar-refractivity contribution in [2.24, 2.45) is 5.73 Å². The number of hydrogen-bond acceptors (Lipinski definition) is 4. The van der Waals surface area contributed by atoms with Gasteiger partial charge in [-0.15, -0.1) is 11.3 Å². The SMILES string of the molecule is Cc1cnc(C(C)Nc2cccc(Br)c2C(N)=S)s1. The zero-order chi connectivity index (χ0) is 14.0. The van der Waals surface area contributed by atoms with Crippen LogP contribution in [-0.4, -0.2) is 9.97 Å². The maximum atomic E-state index is 5.78. The minimum Gasteiger partial charge on any atom is -0.389 e. The third kappa shape index (κ3) is 3.32. The molecule has 0 radical (unpaired) electrons. The van der Waals surface area contributed by atoms with Gasteiger partial charge in [0.25, 0.3) is 0 Å². The van der Waals surface area contributed by atoms with E-state index in [4.69, 9.17) is 18.0 Å². The predicted molar refractivity (Wildman–Crippen MR) is 88.9 cm³/mol. The summed E-state index contributed by atoms with van der Waals surface area (Å²) in [6.45, 7) is 4.12. The van der Waals surface area contributed by atoms with Crippen LogP contribution >= 0.6 is 39.5 Å². The number of rotatable bonds is 4. The fourth-order valence-electron chi connectivity index (χ4n) is 1.76. The number of halogens is 1. The summed E-state index contributed by atoms with van der Waals surface area (Å²) in [5.41, 5.74) is 7.53. The molecule has 0 amide bonds. The normalized spacial score (nSPS) is 12.2. The van der Waals surface area contributed by atoms with Crippen molar-refractivity contribution in [3.63, 3.8) is 0 Å². The Labute approximate surface area is 130 Å². The number of anilines is 1. The first kappa shape index (κ1) is 14.4. The second-order valence-corrected chi connectivity index (χ2v) is 6.76. The summed E-state index contributed by atoms with van der Waals surface area (Å²) in [5.74, 6) is 0. The summed E-state index contributed by atoms with van der Waals surface area (Å²) in [6.07, 6.45) is 1.88. The van der Waals surface area contributed by atoms with E-state index >= 15 is 0 Å². The van der Waals surface area contributed by atoms with Gasteiger partial charge in [0.1, 0.15) is 10.00 Å². The molecule has 0 saturated heterocycles. The highest BCUT2D eigenvalue weighted by atomic mass is 79.9. The van der Waals surface area contributed by atoms with Crippen molar-refractivity contribution < 1.29 is 0 Å². The van der Waals surface area contributed by atoms with Gasteiger partial charge in [-0.3, -0.25) is 0 Å². The minimum atomic E-state index is 0.112. The van der Waals surface area contributed by atoms with Crippen molar-refractivity contribution in [3.05, 3.63) is 44.3 Å². The largest absolute Gasteiger partial charge is 0.389 e. The molecular formula is C13H14BrN3S2. The number of nitrogens with zero attached hydrogens (tertiary/aromatic N) is 1. The second kappa shape index (κ2) is 5.98. The van der Waals surface area contributed by atoms with E-state index in [2.05, 4.69) is 33.2 Å². The molecule has 1 heterocycles. The van der Waals surface area contributed by atoms with Gasteiger partial charge in [0.05, 0.1) is 6.04 Å². The Morgan fingerprint density at radius 1 is 1.53 bits per heavy atom. The number of aromatic nitrogens is 1.